The molecule has 5 heteroatoms. The van der Waals surface area contributed by atoms with Crippen molar-refractivity contribution in [3.05, 3.63) is 28.7 Å². The molecule has 4 nitrogen and oxygen atoms in total. The van der Waals surface area contributed by atoms with Gasteiger partial charge in [0.2, 0.25) is 5.91 Å². The molecule has 1 unspecified atom stereocenters. The molecule has 0 aliphatic carbocycles. The van der Waals surface area contributed by atoms with E-state index in [1.54, 1.807) is 0 Å². The molecule has 1 amide bonds. The Labute approximate surface area is 134 Å². The molecule has 2 aliphatic rings. The van der Waals surface area contributed by atoms with Crippen LogP contribution >= 0.6 is 15.9 Å². The van der Waals surface area contributed by atoms with E-state index < -0.39 is 0 Å². The fraction of sp³-hybridized carbons (Fsp3) is 0.562. The number of halogens is 1. The molecule has 2 saturated heterocycles. The molecule has 0 radical (unpaired) electrons. The number of hydrogen-bond acceptors (Lipinski definition) is 3. The minimum Gasteiger partial charge on any atom is -0.381 e. The van der Waals surface area contributed by atoms with E-state index in [-0.39, 0.29) is 17.9 Å². The maximum absolute atomic E-state index is 12.3. The molecule has 0 bridgehead atoms. The lowest BCUT2D eigenvalue weighted by molar-refractivity contribution is -0.128. The highest BCUT2D eigenvalue weighted by molar-refractivity contribution is 9.10. The number of rotatable bonds is 3. The molecule has 0 spiro atoms. The number of nitrogens with one attached hydrogen (secondary N) is 1. The van der Waals surface area contributed by atoms with Gasteiger partial charge in [0.05, 0.1) is 5.69 Å². The topological polar surface area (TPSA) is 41.6 Å². The lowest BCUT2D eigenvalue weighted by Crippen LogP contribution is -2.42. The van der Waals surface area contributed by atoms with Gasteiger partial charge in [0.15, 0.2) is 0 Å². The number of benzene rings is 1. The van der Waals surface area contributed by atoms with Crippen LogP contribution in [-0.4, -0.2) is 38.3 Å². The van der Waals surface area contributed by atoms with E-state index in [2.05, 4.69) is 38.3 Å². The third-order valence-corrected chi connectivity index (χ3v) is 4.99. The number of ether oxygens (including phenoxy) is 1. The molecule has 1 aromatic carbocycles. The van der Waals surface area contributed by atoms with Crippen molar-refractivity contribution in [1.29, 1.82) is 0 Å². The van der Waals surface area contributed by atoms with Crippen molar-refractivity contribution in [3.63, 3.8) is 0 Å². The Kier molecular flexibility index (Phi) is 4.80. The normalized spacial score (nSPS) is 23.3. The van der Waals surface area contributed by atoms with E-state index in [9.17, 15) is 4.79 Å². The fourth-order valence-electron chi connectivity index (χ4n) is 3.08. The van der Waals surface area contributed by atoms with E-state index >= 15 is 0 Å². The Morgan fingerprint density at radius 2 is 2.00 bits per heavy atom. The van der Waals surface area contributed by atoms with Crippen LogP contribution < -0.4 is 10.2 Å². The zero-order valence-corrected chi connectivity index (χ0v) is 13.6. The second-order valence-electron chi connectivity index (χ2n) is 5.78. The Morgan fingerprint density at radius 1 is 1.24 bits per heavy atom. The second kappa shape index (κ2) is 6.79. The van der Waals surface area contributed by atoms with Crippen molar-refractivity contribution in [2.75, 3.05) is 31.2 Å². The molecule has 0 aromatic heterocycles. The molecule has 2 heterocycles. The Balaban J connectivity index is 1.55. The van der Waals surface area contributed by atoms with Gasteiger partial charge in [-0.1, -0.05) is 12.1 Å². The molecular weight excluding hydrogens is 332 g/mol. The Bertz CT molecular complexity index is 503. The van der Waals surface area contributed by atoms with E-state index in [4.69, 9.17) is 4.74 Å². The first-order valence-electron chi connectivity index (χ1n) is 7.61. The number of anilines is 1. The summed E-state index contributed by atoms with van der Waals surface area (Å²) in [6.07, 6.45) is 2.72. The molecule has 1 aromatic rings. The number of nitrogens with zero attached hydrogens (tertiary/aromatic N) is 1. The number of hydrogen-bond donors (Lipinski definition) is 1. The molecule has 114 valence electrons. The lowest BCUT2D eigenvalue weighted by Gasteiger charge is -2.24. The van der Waals surface area contributed by atoms with Gasteiger partial charge in [-0.05, 0) is 47.3 Å². The van der Waals surface area contributed by atoms with E-state index in [1.807, 2.05) is 12.1 Å². The largest absolute Gasteiger partial charge is 0.381 e. The molecular formula is C16H21BrN2O2. The summed E-state index contributed by atoms with van der Waals surface area (Å²) in [4.78, 5) is 14.6. The van der Waals surface area contributed by atoms with Crippen molar-refractivity contribution in [3.8, 4) is 0 Å². The standard InChI is InChI=1S/C16H21BrN2O2/c17-14-3-1-2-4-15(14)19-8-5-13(11-19)18-16(20)12-6-9-21-10-7-12/h1-4,12-13H,5-11H2,(H,18,20). The van der Waals surface area contributed by atoms with Crippen molar-refractivity contribution >= 4 is 27.5 Å². The summed E-state index contributed by atoms with van der Waals surface area (Å²) in [6, 6.07) is 8.51. The van der Waals surface area contributed by atoms with Gasteiger partial charge in [-0.2, -0.15) is 0 Å². The number of carbonyl (C=O) groups is 1. The Morgan fingerprint density at radius 3 is 2.76 bits per heavy atom. The van der Waals surface area contributed by atoms with Crippen molar-refractivity contribution < 1.29 is 9.53 Å². The van der Waals surface area contributed by atoms with Crippen molar-refractivity contribution in [2.45, 2.75) is 25.3 Å². The van der Waals surface area contributed by atoms with Gasteiger partial charge >= 0.3 is 0 Å². The highest BCUT2D eigenvalue weighted by Gasteiger charge is 2.28. The van der Waals surface area contributed by atoms with Gasteiger partial charge in [0.1, 0.15) is 0 Å². The van der Waals surface area contributed by atoms with Crippen LogP contribution in [0, 0.1) is 5.92 Å². The second-order valence-corrected chi connectivity index (χ2v) is 6.63. The van der Waals surface area contributed by atoms with Crippen LogP contribution in [0.5, 0.6) is 0 Å². The lowest BCUT2D eigenvalue weighted by atomic mass is 9.99. The summed E-state index contributed by atoms with van der Waals surface area (Å²) in [6.45, 7) is 3.30. The van der Waals surface area contributed by atoms with Crippen molar-refractivity contribution in [1.82, 2.24) is 5.32 Å². The number of para-hydroxylation sites is 1. The highest BCUT2D eigenvalue weighted by atomic mass is 79.9. The van der Waals surface area contributed by atoms with Crippen LogP contribution in [0.2, 0.25) is 0 Å². The summed E-state index contributed by atoms with van der Waals surface area (Å²) in [7, 11) is 0. The first-order chi connectivity index (χ1) is 10.2. The first-order valence-corrected chi connectivity index (χ1v) is 8.41. The molecule has 0 saturated carbocycles. The quantitative estimate of drug-likeness (QED) is 0.908. The predicted octanol–water partition coefficient (Wildman–Crippen LogP) is 2.57. The molecule has 21 heavy (non-hydrogen) atoms. The zero-order valence-electron chi connectivity index (χ0n) is 12.1. The van der Waals surface area contributed by atoms with Gasteiger partial charge in [-0.15, -0.1) is 0 Å². The number of amides is 1. The minimum atomic E-state index is 0.135. The van der Waals surface area contributed by atoms with Crippen LogP contribution in [0.1, 0.15) is 19.3 Å². The Hall–Kier alpha value is -1.07. The third kappa shape index (κ3) is 3.58. The maximum atomic E-state index is 12.3. The molecule has 1 N–H and O–H groups in total. The molecule has 2 aliphatic heterocycles. The summed E-state index contributed by atoms with van der Waals surface area (Å²) in [5, 5.41) is 3.22. The smallest absolute Gasteiger partial charge is 0.223 e. The summed E-state index contributed by atoms with van der Waals surface area (Å²) >= 11 is 3.60. The van der Waals surface area contributed by atoms with Gasteiger partial charge in [-0.25, -0.2) is 0 Å². The zero-order chi connectivity index (χ0) is 14.7. The third-order valence-electron chi connectivity index (χ3n) is 4.32. The van der Waals surface area contributed by atoms with Gasteiger partial charge in [0, 0.05) is 42.7 Å². The summed E-state index contributed by atoms with van der Waals surface area (Å²) in [5.41, 5.74) is 1.21. The van der Waals surface area contributed by atoms with Crippen LogP contribution in [0.4, 0.5) is 5.69 Å². The van der Waals surface area contributed by atoms with Gasteiger partial charge in [-0.3, -0.25) is 4.79 Å². The average molecular weight is 353 g/mol. The summed E-state index contributed by atoms with van der Waals surface area (Å²) < 4.78 is 6.43. The van der Waals surface area contributed by atoms with Gasteiger partial charge < -0.3 is 15.0 Å². The predicted molar refractivity (Wildman–Crippen MR) is 86.4 cm³/mol. The molecule has 3 rings (SSSR count). The first kappa shape index (κ1) is 14.9. The van der Waals surface area contributed by atoms with Gasteiger partial charge in [0.25, 0.3) is 0 Å². The van der Waals surface area contributed by atoms with E-state index in [0.717, 1.165) is 36.8 Å². The number of carbonyl (C=O) groups excluding carboxylic acids is 1. The van der Waals surface area contributed by atoms with Crippen molar-refractivity contribution in [2.24, 2.45) is 5.92 Å². The van der Waals surface area contributed by atoms with Crippen LogP contribution in [0.25, 0.3) is 0 Å². The molecule has 1 atom stereocenters. The van der Waals surface area contributed by atoms with Crippen LogP contribution in [-0.2, 0) is 9.53 Å². The minimum absolute atomic E-state index is 0.135. The van der Waals surface area contributed by atoms with E-state index in [1.165, 1.54) is 5.69 Å². The van der Waals surface area contributed by atoms with Crippen LogP contribution in [0.3, 0.4) is 0 Å². The van der Waals surface area contributed by atoms with Crippen LogP contribution in [0.15, 0.2) is 28.7 Å². The SMILES string of the molecule is O=C(NC1CCN(c2ccccc2Br)C1)C1CCOCC1. The highest BCUT2D eigenvalue weighted by Crippen LogP contribution is 2.28. The summed E-state index contributed by atoms with van der Waals surface area (Å²) in [5.74, 6) is 0.341. The molecule has 2 fully saturated rings. The monoisotopic (exact) mass is 352 g/mol. The van der Waals surface area contributed by atoms with E-state index in [0.29, 0.717) is 13.2 Å². The maximum Gasteiger partial charge on any atom is 0.223 e. The average Bonchev–Trinajstić information content (AvgIpc) is 2.97. The fourth-order valence-corrected chi connectivity index (χ4v) is 3.62.